The molecular formula is C22H44FNO3S. The van der Waals surface area contributed by atoms with Gasteiger partial charge in [-0.1, -0.05) is 20.8 Å². The minimum Gasteiger partial charge on any atom is -0.460 e. The van der Waals surface area contributed by atoms with Crippen LogP contribution in [-0.4, -0.2) is 54.5 Å². The zero-order valence-electron chi connectivity index (χ0n) is 19.5. The molecule has 0 aliphatic heterocycles. The van der Waals surface area contributed by atoms with Gasteiger partial charge in [0, 0.05) is 25.3 Å². The molecule has 168 valence electrons. The lowest BCUT2D eigenvalue weighted by atomic mass is 9.84. The summed E-state index contributed by atoms with van der Waals surface area (Å²) in [5, 5.41) is 3.25. The summed E-state index contributed by atoms with van der Waals surface area (Å²) in [5.41, 5.74) is -0.932. The molecule has 1 N–H and O–H groups in total. The van der Waals surface area contributed by atoms with Crippen molar-refractivity contribution in [2.45, 2.75) is 98.4 Å². The minimum atomic E-state index is -0.745. The highest BCUT2D eigenvalue weighted by Gasteiger charge is 2.27. The van der Waals surface area contributed by atoms with Crippen LogP contribution in [-0.2, 0) is 14.3 Å². The molecular weight excluding hydrogens is 377 g/mol. The number of alkyl halides is 1. The van der Waals surface area contributed by atoms with Crippen molar-refractivity contribution in [2.75, 3.05) is 31.2 Å². The molecule has 1 unspecified atom stereocenters. The number of esters is 1. The van der Waals surface area contributed by atoms with Crippen molar-refractivity contribution in [3.63, 3.8) is 0 Å². The Labute approximate surface area is 177 Å². The molecule has 0 aromatic heterocycles. The number of ether oxygens (including phenoxy) is 2. The number of hydrogen-bond acceptors (Lipinski definition) is 5. The SMILES string of the molecule is CCC(C)(C)C(F)CCSCCNCCC(=O)OC(C)(C)CCOC(C)(C)C. The summed E-state index contributed by atoms with van der Waals surface area (Å²) in [6.45, 7) is 17.9. The van der Waals surface area contributed by atoms with Crippen LogP contribution in [0.3, 0.4) is 0 Å². The van der Waals surface area contributed by atoms with E-state index in [2.05, 4.69) is 5.32 Å². The van der Waals surface area contributed by atoms with Gasteiger partial charge < -0.3 is 14.8 Å². The molecule has 0 bridgehead atoms. The lowest BCUT2D eigenvalue weighted by Gasteiger charge is -2.27. The number of hydrogen-bond donors (Lipinski definition) is 1. The maximum Gasteiger partial charge on any atom is 0.307 e. The Kier molecular flexibility index (Phi) is 12.9. The first-order valence-corrected chi connectivity index (χ1v) is 11.7. The monoisotopic (exact) mass is 421 g/mol. The van der Waals surface area contributed by atoms with Crippen LogP contribution in [0.4, 0.5) is 4.39 Å². The summed E-state index contributed by atoms with van der Waals surface area (Å²) < 4.78 is 25.3. The Bertz CT molecular complexity index is 436. The Balaban J connectivity index is 3.74. The van der Waals surface area contributed by atoms with Gasteiger partial charge in [0.15, 0.2) is 0 Å². The van der Waals surface area contributed by atoms with Crippen LogP contribution >= 0.6 is 11.8 Å². The quantitative estimate of drug-likeness (QED) is 0.284. The maximum atomic E-state index is 14.1. The van der Waals surface area contributed by atoms with Gasteiger partial charge in [-0.15, -0.1) is 0 Å². The van der Waals surface area contributed by atoms with E-state index in [0.717, 1.165) is 24.5 Å². The fourth-order valence-corrected chi connectivity index (χ4v) is 3.24. The fraction of sp³-hybridized carbons (Fsp3) is 0.955. The Hall–Kier alpha value is -0.330. The summed E-state index contributed by atoms with van der Waals surface area (Å²) >= 11 is 1.76. The second kappa shape index (κ2) is 13.1. The first kappa shape index (κ1) is 27.7. The second-order valence-electron chi connectivity index (χ2n) is 9.66. The first-order valence-electron chi connectivity index (χ1n) is 10.6. The van der Waals surface area contributed by atoms with Gasteiger partial charge in [0.2, 0.25) is 0 Å². The maximum absolute atomic E-state index is 14.1. The molecule has 0 saturated heterocycles. The molecule has 0 amide bonds. The van der Waals surface area contributed by atoms with Crippen LogP contribution in [0.15, 0.2) is 0 Å². The van der Waals surface area contributed by atoms with Crippen molar-refractivity contribution in [1.29, 1.82) is 0 Å². The molecule has 1 atom stereocenters. The van der Waals surface area contributed by atoms with Crippen molar-refractivity contribution in [2.24, 2.45) is 5.41 Å². The smallest absolute Gasteiger partial charge is 0.307 e. The van der Waals surface area contributed by atoms with Gasteiger partial charge in [-0.3, -0.25) is 4.79 Å². The van der Waals surface area contributed by atoms with Crippen molar-refractivity contribution in [3.05, 3.63) is 0 Å². The summed E-state index contributed by atoms with van der Waals surface area (Å²) in [7, 11) is 0. The van der Waals surface area contributed by atoms with Gasteiger partial charge >= 0.3 is 5.97 Å². The molecule has 0 rings (SSSR count). The van der Waals surface area contributed by atoms with Crippen LogP contribution in [0.25, 0.3) is 0 Å². The zero-order valence-corrected chi connectivity index (χ0v) is 20.3. The van der Waals surface area contributed by atoms with E-state index in [1.807, 2.05) is 55.4 Å². The summed E-state index contributed by atoms with van der Waals surface area (Å²) in [6, 6.07) is 0. The molecule has 6 heteroatoms. The van der Waals surface area contributed by atoms with Crippen LogP contribution in [0, 0.1) is 5.41 Å². The molecule has 0 fully saturated rings. The van der Waals surface area contributed by atoms with Gasteiger partial charge in [0.1, 0.15) is 11.8 Å². The number of carbonyl (C=O) groups excluding carboxylic acids is 1. The van der Waals surface area contributed by atoms with E-state index in [1.54, 1.807) is 11.8 Å². The molecule has 28 heavy (non-hydrogen) atoms. The normalized spacial score (nSPS) is 14.2. The average molecular weight is 422 g/mol. The number of rotatable bonds is 15. The number of carbonyl (C=O) groups is 1. The van der Waals surface area contributed by atoms with Gasteiger partial charge in [-0.05, 0) is 58.6 Å². The molecule has 0 aliphatic rings. The molecule has 0 radical (unpaired) electrons. The van der Waals surface area contributed by atoms with Crippen LogP contribution in [0.1, 0.15) is 81.1 Å². The lowest BCUT2D eigenvalue weighted by Crippen LogP contribution is -2.32. The largest absolute Gasteiger partial charge is 0.460 e. The summed E-state index contributed by atoms with van der Waals surface area (Å²) in [4.78, 5) is 12.0. The third kappa shape index (κ3) is 14.6. The molecule has 0 heterocycles. The molecule has 0 aliphatic carbocycles. The van der Waals surface area contributed by atoms with Crippen molar-refractivity contribution in [3.8, 4) is 0 Å². The Morgan fingerprint density at radius 3 is 2.29 bits per heavy atom. The number of thioether (sulfide) groups is 1. The Morgan fingerprint density at radius 1 is 1.07 bits per heavy atom. The number of halogens is 1. The highest BCUT2D eigenvalue weighted by Crippen LogP contribution is 2.30. The lowest BCUT2D eigenvalue weighted by molar-refractivity contribution is -0.158. The molecule has 0 spiro atoms. The molecule has 0 saturated carbocycles. The Morgan fingerprint density at radius 2 is 1.71 bits per heavy atom. The standard InChI is InChI=1S/C22H44FNO3S/c1-9-21(5,6)18(23)11-16-28-17-14-24-13-10-19(25)27-22(7,8)12-15-26-20(2,3)4/h18,24H,9-17H2,1-8H3. The van der Waals surface area contributed by atoms with E-state index in [9.17, 15) is 9.18 Å². The van der Waals surface area contributed by atoms with Crippen molar-refractivity contribution >= 4 is 17.7 Å². The zero-order chi connectivity index (χ0) is 21.8. The predicted molar refractivity (Wildman–Crippen MR) is 119 cm³/mol. The van der Waals surface area contributed by atoms with E-state index < -0.39 is 11.8 Å². The van der Waals surface area contributed by atoms with Crippen LogP contribution in [0.5, 0.6) is 0 Å². The third-order valence-electron chi connectivity index (χ3n) is 4.83. The van der Waals surface area contributed by atoms with Crippen molar-refractivity contribution < 1.29 is 18.7 Å². The fourth-order valence-electron chi connectivity index (χ4n) is 2.37. The third-order valence-corrected chi connectivity index (χ3v) is 5.85. The summed E-state index contributed by atoms with van der Waals surface area (Å²) in [6.07, 6.45) is 1.74. The molecule has 4 nitrogen and oxygen atoms in total. The van der Waals surface area contributed by atoms with Crippen molar-refractivity contribution in [1.82, 2.24) is 5.32 Å². The highest BCUT2D eigenvalue weighted by molar-refractivity contribution is 7.99. The first-order chi connectivity index (χ1) is 12.8. The van der Waals surface area contributed by atoms with E-state index in [-0.39, 0.29) is 17.0 Å². The van der Waals surface area contributed by atoms with E-state index in [1.165, 1.54) is 0 Å². The van der Waals surface area contributed by atoms with Gasteiger partial charge in [-0.2, -0.15) is 11.8 Å². The van der Waals surface area contributed by atoms with E-state index in [4.69, 9.17) is 9.47 Å². The van der Waals surface area contributed by atoms with Crippen LogP contribution in [0.2, 0.25) is 0 Å². The van der Waals surface area contributed by atoms with Gasteiger partial charge in [-0.25, -0.2) is 4.39 Å². The van der Waals surface area contributed by atoms with Gasteiger partial charge in [0.05, 0.1) is 18.6 Å². The van der Waals surface area contributed by atoms with Gasteiger partial charge in [0.25, 0.3) is 0 Å². The topological polar surface area (TPSA) is 47.6 Å². The predicted octanol–water partition coefficient (Wildman–Crippen LogP) is 5.39. The second-order valence-corrected chi connectivity index (χ2v) is 10.9. The summed E-state index contributed by atoms with van der Waals surface area (Å²) in [5.74, 6) is 1.56. The number of nitrogens with one attached hydrogen (secondary N) is 1. The van der Waals surface area contributed by atoms with E-state index >= 15 is 0 Å². The minimum absolute atomic E-state index is 0.181. The van der Waals surface area contributed by atoms with Crippen LogP contribution < -0.4 is 5.32 Å². The molecule has 0 aromatic rings. The van der Waals surface area contributed by atoms with E-state index in [0.29, 0.717) is 32.4 Å². The molecule has 0 aromatic carbocycles. The average Bonchev–Trinajstić information content (AvgIpc) is 2.54. The highest BCUT2D eigenvalue weighted by atomic mass is 32.2.